The molecule has 0 spiro atoms. The van der Waals surface area contributed by atoms with Crippen molar-refractivity contribution in [2.45, 2.75) is 37.1 Å². The van der Waals surface area contributed by atoms with Gasteiger partial charge in [0.1, 0.15) is 4.90 Å². The van der Waals surface area contributed by atoms with Crippen molar-refractivity contribution in [1.29, 1.82) is 5.26 Å². The van der Waals surface area contributed by atoms with E-state index in [4.69, 9.17) is 16.9 Å². The second kappa shape index (κ2) is 5.49. The van der Waals surface area contributed by atoms with Crippen LogP contribution in [0.2, 0.25) is 5.02 Å². The molecule has 2 rings (SSSR count). The lowest BCUT2D eigenvalue weighted by atomic mass is 9.81. The van der Waals surface area contributed by atoms with Crippen LogP contribution in [-0.4, -0.2) is 14.5 Å². The lowest BCUT2D eigenvalue weighted by molar-refractivity contribution is 0.260. The summed E-state index contributed by atoms with van der Waals surface area (Å²) in [5, 5.41) is 8.96. The van der Waals surface area contributed by atoms with E-state index in [0.717, 1.165) is 19.3 Å². The number of sulfonamides is 1. The molecule has 1 saturated carbocycles. The standard InChI is InChI=1S/C13H15ClN2O2S/c1-9(11-3-2-4-11)16-19(17,18)13-7-10(8-15)5-6-12(13)14/h5-7,9,11,16H,2-4H2,1H3. The average Bonchev–Trinajstić information content (AvgIpc) is 2.26. The van der Waals surface area contributed by atoms with Crippen molar-refractivity contribution in [3.05, 3.63) is 28.8 Å². The van der Waals surface area contributed by atoms with Gasteiger partial charge in [-0.2, -0.15) is 5.26 Å². The molecular weight excluding hydrogens is 284 g/mol. The number of nitrogens with one attached hydrogen (secondary N) is 1. The fraction of sp³-hybridized carbons (Fsp3) is 0.462. The molecule has 6 heteroatoms. The van der Waals surface area contributed by atoms with Gasteiger partial charge in [-0.3, -0.25) is 0 Å². The summed E-state index contributed by atoms with van der Waals surface area (Å²) in [4.78, 5) is -0.0283. The monoisotopic (exact) mass is 298 g/mol. The number of nitriles is 1. The first-order valence-electron chi connectivity index (χ1n) is 6.16. The molecule has 0 amide bonds. The second-order valence-corrected chi connectivity index (χ2v) is 6.95. The molecular formula is C13H15ClN2O2S. The van der Waals surface area contributed by atoms with Crippen LogP contribution in [0.25, 0.3) is 0 Å². The predicted octanol–water partition coefficient (Wildman–Crippen LogP) is 2.68. The van der Waals surface area contributed by atoms with Gasteiger partial charge in [0, 0.05) is 6.04 Å². The van der Waals surface area contributed by atoms with Crippen LogP contribution in [0.1, 0.15) is 31.7 Å². The molecule has 0 aromatic heterocycles. The van der Waals surface area contributed by atoms with Gasteiger partial charge < -0.3 is 0 Å². The number of nitrogens with zero attached hydrogens (tertiary/aromatic N) is 1. The Morgan fingerprint density at radius 3 is 2.68 bits per heavy atom. The molecule has 0 radical (unpaired) electrons. The molecule has 0 saturated heterocycles. The first-order valence-corrected chi connectivity index (χ1v) is 8.02. The highest BCUT2D eigenvalue weighted by molar-refractivity contribution is 7.89. The molecule has 1 N–H and O–H groups in total. The third-order valence-electron chi connectivity index (χ3n) is 3.55. The Hall–Kier alpha value is -1.09. The van der Waals surface area contributed by atoms with Crippen molar-refractivity contribution in [2.24, 2.45) is 5.92 Å². The van der Waals surface area contributed by atoms with Gasteiger partial charge in [-0.15, -0.1) is 0 Å². The Bertz CT molecular complexity index is 618. The van der Waals surface area contributed by atoms with E-state index in [1.54, 1.807) is 0 Å². The fourth-order valence-corrected chi connectivity index (χ4v) is 3.96. The number of hydrogen-bond acceptors (Lipinski definition) is 3. The molecule has 1 aromatic rings. The largest absolute Gasteiger partial charge is 0.242 e. The van der Waals surface area contributed by atoms with Gasteiger partial charge >= 0.3 is 0 Å². The maximum atomic E-state index is 12.3. The van der Waals surface area contributed by atoms with Gasteiger partial charge in [0.15, 0.2) is 0 Å². The molecule has 4 nitrogen and oxygen atoms in total. The minimum absolute atomic E-state index is 0.0283. The van der Waals surface area contributed by atoms with Crippen LogP contribution in [0.5, 0.6) is 0 Å². The first kappa shape index (κ1) is 14.3. The maximum absolute atomic E-state index is 12.3. The SMILES string of the molecule is CC(NS(=O)(=O)c1cc(C#N)ccc1Cl)C1CCC1. The Labute approximate surface area is 118 Å². The molecule has 0 bridgehead atoms. The molecule has 0 aliphatic heterocycles. The fourth-order valence-electron chi connectivity index (χ4n) is 2.12. The molecule has 102 valence electrons. The summed E-state index contributed by atoms with van der Waals surface area (Å²) in [6.45, 7) is 1.86. The molecule has 1 fully saturated rings. The van der Waals surface area contributed by atoms with E-state index in [2.05, 4.69) is 4.72 Å². The third-order valence-corrected chi connectivity index (χ3v) is 5.59. The molecule has 0 heterocycles. The Morgan fingerprint density at radius 2 is 2.16 bits per heavy atom. The zero-order chi connectivity index (χ0) is 14.0. The zero-order valence-electron chi connectivity index (χ0n) is 10.6. The van der Waals surface area contributed by atoms with Crippen LogP contribution in [0, 0.1) is 17.2 Å². The normalized spacial score (nSPS) is 17.5. The van der Waals surface area contributed by atoms with Crippen molar-refractivity contribution in [2.75, 3.05) is 0 Å². The number of rotatable bonds is 4. The summed E-state index contributed by atoms with van der Waals surface area (Å²) in [7, 11) is -3.68. The van der Waals surface area contributed by atoms with Crippen LogP contribution in [0.4, 0.5) is 0 Å². The van der Waals surface area contributed by atoms with Crippen molar-refractivity contribution in [1.82, 2.24) is 4.72 Å². The second-order valence-electron chi connectivity index (χ2n) is 4.86. The molecule has 19 heavy (non-hydrogen) atoms. The molecule has 1 aliphatic rings. The maximum Gasteiger partial charge on any atom is 0.242 e. The summed E-state index contributed by atoms with van der Waals surface area (Å²) in [5.41, 5.74) is 0.279. The first-order chi connectivity index (χ1) is 8.94. The van der Waals surface area contributed by atoms with E-state index >= 15 is 0 Å². The lowest BCUT2D eigenvalue weighted by Crippen LogP contribution is -2.40. The van der Waals surface area contributed by atoms with Crippen molar-refractivity contribution in [3.8, 4) is 6.07 Å². The summed E-state index contributed by atoms with van der Waals surface area (Å²) in [6, 6.07) is 6.04. The van der Waals surface area contributed by atoms with Gasteiger partial charge in [0.2, 0.25) is 10.0 Å². The lowest BCUT2D eigenvalue weighted by Gasteiger charge is -2.31. The van der Waals surface area contributed by atoms with E-state index in [-0.39, 0.29) is 21.5 Å². The van der Waals surface area contributed by atoms with E-state index in [1.165, 1.54) is 18.2 Å². The predicted molar refractivity (Wildman–Crippen MR) is 73.3 cm³/mol. The Kier molecular flexibility index (Phi) is 4.14. The molecule has 1 aliphatic carbocycles. The van der Waals surface area contributed by atoms with Crippen LogP contribution in [-0.2, 0) is 10.0 Å². The highest BCUT2D eigenvalue weighted by Gasteiger charge is 2.28. The van der Waals surface area contributed by atoms with Crippen molar-refractivity contribution in [3.63, 3.8) is 0 Å². The number of hydrogen-bond donors (Lipinski definition) is 1. The summed E-state index contributed by atoms with van der Waals surface area (Å²) >= 11 is 5.92. The van der Waals surface area contributed by atoms with E-state index in [9.17, 15) is 8.42 Å². The van der Waals surface area contributed by atoms with Crippen LogP contribution in [0.15, 0.2) is 23.1 Å². The van der Waals surface area contributed by atoms with Gasteiger partial charge in [-0.1, -0.05) is 18.0 Å². The zero-order valence-corrected chi connectivity index (χ0v) is 12.1. The minimum atomic E-state index is -3.68. The summed E-state index contributed by atoms with van der Waals surface area (Å²) in [5.74, 6) is 0.396. The highest BCUT2D eigenvalue weighted by Crippen LogP contribution is 2.31. The van der Waals surface area contributed by atoms with Crippen LogP contribution < -0.4 is 4.72 Å². The minimum Gasteiger partial charge on any atom is -0.208 e. The van der Waals surface area contributed by atoms with Gasteiger partial charge in [0.05, 0.1) is 16.7 Å². The van der Waals surface area contributed by atoms with E-state index in [1.807, 2.05) is 13.0 Å². The van der Waals surface area contributed by atoms with Gasteiger partial charge in [-0.05, 0) is 43.9 Å². The van der Waals surface area contributed by atoms with Crippen LogP contribution >= 0.6 is 11.6 Å². The molecule has 1 unspecified atom stereocenters. The number of benzene rings is 1. The number of halogens is 1. The summed E-state index contributed by atoms with van der Waals surface area (Å²) in [6.07, 6.45) is 3.26. The van der Waals surface area contributed by atoms with Gasteiger partial charge in [-0.25, -0.2) is 13.1 Å². The Balaban J connectivity index is 2.26. The Morgan fingerprint density at radius 1 is 1.47 bits per heavy atom. The summed E-state index contributed by atoms with van der Waals surface area (Å²) < 4.78 is 27.2. The van der Waals surface area contributed by atoms with Crippen LogP contribution in [0.3, 0.4) is 0 Å². The van der Waals surface area contributed by atoms with E-state index in [0.29, 0.717) is 5.92 Å². The highest BCUT2D eigenvalue weighted by atomic mass is 35.5. The smallest absolute Gasteiger partial charge is 0.208 e. The molecule has 1 aromatic carbocycles. The van der Waals surface area contributed by atoms with Crippen molar-refractivity contribution < 1.29 is 8.42 Å². The topological polar surface area (TPSA) is 70.0 Å². The van der Waals surface area contributed by atoms with Gasteiger partial charge in [0.25, 0.3) is 0 Å². The third kappa shape index (κ3) is 3.08. The van der Waals surface area contributed by atoms with E-state index < -0.39 is 10.0 Å². The molecule has 1 atom stereocenters. The van der Waals surface area contributed by atoms with Crippen molar-refractivity contribution >= 4 is 21.6 Å². The quantitative estimate of drug-likeness (QED) is 0.929. The average molecular weight is 299 g/mol.